The lowest BCUT2D eigenvalue weighted by Crippen LogP contribution is -2.48. The third kappa shape index (κ3) is 1.97. The number of hydrogen-bond acceptors (Lipinski definition) is 2. The van der Waals surface area contributed by atoms with E-state index in [0.717, 1.165) is 19.4 Å². The van der Waals surface area contributed by atoms with Gasteiger partial charge in [0.2, 0.25) is 5.91 Å². The number of aromatic amines is 1. The van der Waals surface area contributed by atoms with Crippen LogP contribution >= 0.6 is 0 Å². The van der Waals surface area contributed by atoms with Gasteiger partial charge in [0.15, 0.2) is 0 Å². The number of rotatable bonds is 2. The molecule has 2 aliphatic rings. The number of fused-ring (bicyclic) bond motifs is 2. The molecule has 1 aliphatic heterocycles. The standard InChI is InChI=1S/C17H21N3O/c1-20-9-10(6-16(18)21)5-13-12-3-2-4-14-17(12)11(8-19-14)7-15(13)20/h2-4,8,10,13,15,19H,5-7,9H2,1H3,(H2,18,21)/t10-,13-,15-/m1/s1. The van der Waals surface area contributed by atoms with E-state index in [-0.39, 0.29) is 5.91 Å². The summed E-state index contributed by atoms with van der Waals surface area (Å²) in [4.78, 5) is 17.1. The summed E-state index contributed by atoms with van der Waals surface area (Å²) in [6.45, 7) is 0.972. The zero-order chi connectivity index (χ0) is 14.6. The maximum atomic E-state index is 11.3. The molecule has 0 unspecified atom stereocenters. The highest BCUT2D eigenvalue weighted by molar-refractivity contribution is 5.88. The molecule has 3 atom stereocenters. The lowest BCUT2D eigenvalue weighted by atomic mass is 9.72. The highest BCUT2D eigenvalue weighted by Crippen LogP contribution is 2.44. The lowest BCUT2D eigenvalue weighted by molar-refractivity contribution is -0.119. The molecular formula is C17H21N3O. The van der Waals surface area contributed by atoms with Crippen LogP contribution in [0.1, 0.15) is 29.9 Å². The van der Waals surface area contributed by atoms with Crippen molar-refractivity contribution in [2.45, 2.75) is 31.2 Å². The van der Waals surface area contributed by atoms with E-state index in [1.807, 2.05) is 0 Å². The Morgan fingerprint density at radius 1 is 1.48 bits per heavy atom. The van der Waals surface area contributed by atoms with Gasteiger partial charge in [-0.3, -0.25) is 4.79 Å². The molecule has 2 heterocycles. The molecule has 1 aromatic heterocycles. The first-order valence-corrected chi connectivity index (χ1v) is 7.71. The minimum atomic E-state index is -0.178. The predicted octanol–water partition coefficient (Wildman–Crippen LogP) is 2.00. The van der Waals surface area contributed by atoms with Crippen molar-refractivity contribution >= 4 is 16.8 Å². The van der Waals surface area contributed by atoms with Gasteiger partial charge in [0.25, 0.3) is 0 Å². The summed E-state index contributed by atoms with van der Waals surface area (Å²) in [5, 5.41) is 1.41. The van der Waals surface area contributed by atoms with Crippen LogP contribution in [0.4, 0.5) is 0 Å². The molecule has 4 nitrogen and oxygen atoms in total. The van der Waals surface area contributed by atoms with Gasteiger partial charge in [0.05, 0.1) is 0 Å². The van der Waals surface area contributed by atoms with Crippen LogP contribution in [0.2, 0.25) is 0 Å². The zero-order valence-corrected chi connectivity index (χ0v) is 12.3. The van der Waals surface area contributed by atoms with Gasteiger partial charge in [0, 0.05) is 42.0 Å². The number of amides is 1. The number of likely N-dealkylation sites (tertiary alicyclic amines) is 1. The average molecular weight is 283 g/mol. The number of primary amides is 1. The summed E-state index contributed by atoms with van der Waals surface area (Å²) >= 11 is 0. The Hall–Kier alpha value is -1.81. The Balaban J connectivity index is 1.76. The number of nitrogens with zero attached hydrogens (tertiary/aromatic N) is 1. The van der Waals surface area contributed by atoms with Crippen molar-refractivity contribution in [1.82, 2.24) is 9.88 Å². The topological polar surface area (TPSA) is 62.1 Å². The van der Waals surface area contributed by atoms with Crippen LogP contribution < -0.4 is 5.73 Å². The van der Waals surface area contributed by atoms with E-state index in [0.29, 0.717) is 24.3 Å². The van der Waals surface area contributed by atoms with Gasteiger partial charge in [-0.15, -0.1) is 0 Å². The van der Waals surface area contributed by atoms with Crippen LogP contribution in [0.25, 0.3) is 10.9 Å². The van der Waals surface area contributed by atoms with Crippen LogP contribution in [0.15, 0.2) is 24.4 Å². The molecule has 0 radical (unpaired) electrons. The molecule has 4 rings (SSSR count). The number of nitrogens with two attached hydrogens (primary N) is 1. The summed E-state index contributed by atoms with van der Waals surface area (Å²) in [5.74, 6) is 0.716. The fraction of sp³-hybridized carbons (Fsp3) is 0.471. The second kappa shape index (κ2) is 4.60. The molecule has 0 bridgehead atoms. The van der Waals surface area contributed by atoms with Crippen LogP contribution in [0.5, 0.6) is 0 Å². The number of likely N-dealkylation sites (N-methyl/N-ethyl adjacent to an activating group) is 1. The van der Waals surface area contributed by atoms with Crippen molar-refractivity contribution in [3.8, 4) is 0 Å². The smallest absolute Gasteiger partial charge is 0.217 e. The second-order valence-corrected chi connectivity index (χ2v) is 6.67. The van der Waals surface area contributed by atoms with E-state index in [9.17, 15) is 4.79 Å². The monoisotopic (exact) mass is 283 g/mol. The first kappa shape index (κ1) is 12.9. The number of nitrogens with one attached hydrogen (secondary N) is 1. The van der Waals surface area contributed by atoms with Crippen LogP contribution in [0, 0.1) is 5.92 Å². The highest BCUT2D eigenvalue weighted by Gasteiger charge is 2.39. The molecule has 1 amide bonds. The number of aromatic nitrogens is 1. The maximum absolute atomic E-state index is 11.3. The number of hydrogen-bond donors (Lipinski definition) is 2. The molecule has 1 saturated heterocycles. The largest absolute Gasteiger partial charge is 0.370 e. The highest BCUT2D eigenvalue weighted by atomic mass is 16.1. The third-order valence-electron chi connectivity index (χ3n) is 5.30. The fourth-order valence-corrected chi connectivity index (χ4v) is 4.49. The van der Waals surface area contributed by atoms with Crippen molar-refractivity contribution in [3.63, 3.8) is 0 Å². The summed E-state index contributed by atoms with van der Waals surface area (Å²) < 4.78 is 0. The fourth-order valence-electron chi connectivity index (χ4n) is 4.49. The Kier molecular flexibility index (Phi) is 2.82. The maximum Gasteiger partial charge on any atom is 0.217 e. The van der Waals surface area contributed by atoms with E-state index < -0.39 is 0 Å². The van der Waals surface area contributed by atoms with E-state index in [1.54, 1.807) is 0 Å². The summed E-state index contributed by atoms with van der Waals surface area (Å²) in [5.41, 5.74) is 9.53. The third-order valence-corrected chi connectivity index (χ3v) is 5.30. The molecule has 110 valence electrons. The SMILES string of the molecule is CN1C[C@@H](CC(N)=O)C[C@@H]2c3cccc4[nH]cc(c34)C[C@H]21. The van der Waals surface area contributed by atoms with E-state index in [2.05, 4.69) is 41.3 Å². The number of piperidine rings is 1. The molecule has 1 fully saturated rings. The summed E-state index contributed by atoms with van der Waals surface area (Å²) in [6, 6.07) is 7.09. The van der Waals surface area contributed by atoms with Gasteiger partial charge in [-0.1, -0.05) is 12.1 Å². The predicted molar refractivity (Wildman–Crippen MR) is 83.1 cm³/mol. The van der Waals surface area contributed by atoms with Gasteiger partial charge >= 0.3 is 0 Å². The van der Waals surface area contributed by atoms with Gasteiger partial charge < -0.3 is 15.6 Å². The molecule has 1 aliphatic carbocycles. The van der Waals surface area contributed by atoms with Crippen molar-refractivity contribution < 1.29 is 4.79 Å². The van der Waals surface area contributed by atoms with Gasteiger partial charge in [0.1, 0.15) is 0 Å². The second-order valence-electron chi connectivity index (χ2n) is 6.67. The van der Waals surface area contributed by atoms with Crippen molar-refractivity contribution in [2.24, 2.45) is 11.7 Å². The first-order chi connectivity index (χ1) is 10.1. The molecule has 21 heavy (non-hydrogen) atoms. The number of benzene rings is 1. The van der Waals surface area contributed by atoms with E-state index >= 15 is 0 Å². The van der Waals surface area contributed by atoms with Crippen molar-refractivity contribution in [1.29, 1.82) is 0 Å². The Labute approximate surface area is 124 Å². The molecule has 2 aromatic rings. The number of carbonyl (C=O) groups is 1. The van der Waals surface area contributed by atoms with Gasteiger partial charge in [-0.25, -0.2) is 0 Å². The molecular weight excluding hydrogens is 262 g/mol. The first-order valence-electron chi connectivity index (χ1n) is 7.71. The molecule has 0 spiro atoms. The molecule has 3 N–H and O–H groups in total. The molecule has 4 heteroatoms. The van der Waals surface area contributed by atoms with Gasteiger partial charge in [-0.2, -0.15) is 0 Å². The van der Waals surface area contributed by atoms with Crippen molar-refractivity contribution in [3.05, 3.63) is 35.5 Å². The van der Waals surface area contributed by atoms with Crippen LogP contribution in [-0.4, -0.2) is 35.4 Å². The average Bonchev–Trinajstić information content (AvgIpc) is 2.84. The molecule has 1 aromatic carbocycles. The normalized spacial score (nSPS) is 28.5. The van der Waals surface area contributed by atoms with Crippen molar-refractivity contribution in [2.75, 3.05) is 13.6 Å². The Morgan fingerprint density at radius 2 is 2.33 bits per heavy atom. The number of H-pyrrole nitrogens is 1. The Bertz CT molecular complexity index is 705. The Morgan fingerprint density at radius 3 is 3.14 bits per heavy atom. The quantitative estimate of drug-likeness (QED) is 0.885. The lowest BCUT2D eigenvalue weighted by Gasteiger charge is -2.45. The van der Waals surface area contributed by atoms with E-state index in [4.69, 9.17) is 5.73 Å². The summed E-state index contributed by atoms with van der Waals surface area (Å²) in [7, 11) is 2.18. The number of carbonyl (C=O) groups excluding carboxylic acids is 1. The van der Waals surface area contributed by atoms with Gasteiger partial charge in [-0.05, 0) is 43.0 Å². The minimum Gasteiger partial charge on any atom is -0.370 e. The molecule has 0 saturated carbocycles. The zero-order valence-electron chi connectivity index (χ0n) is 12.3. The van der Waals surface area contributed by atoms with E-state index in [1.165, 1.54) is 22.0 Å². The minimum absolute atomic E-state index is 0.178. The van der Waals surface area contributed by atoms with Crippen LogP contribution in [-0.2, 0) is 11.2 Å². The summed E-state index contributed by atoms with van der Waals surface area (Å²) in [6.07, 6.45) is 4.83. The van der Waals surface area contributed by atoms with Crippen LogP contribution in [0.3, 0.4) is 0 Å².